The van der Waals surface area contributed by atoms with E-state index in [2.05, 4.69) is 9.97 Å². The summed E-state index contributed by atoms with van der Waals surface area (Å²) in [5, 5.41) is 0.0532. The third-order valence-corrected chi connectivity index (χ3v) is 2.69. The average Bonchev–Trinajstić information content (AvgIpc) is 2.28. The zero-order valence-electron chi connectivity index (χ0n) is 8.84. The molecule has 0 unspecified atom stereocenters. The Bertz CT molecular complexity index is 587. The van der Waals surface area contributed by atoms with Gasteiger partial charge < -0.3 is 5.73 Å². The minimum atomic E-state index is -0.742. The molecule has 0 aliphatic carbocycles. The number of rotatable bonds is 1. The van der Waals surface area contributed by atoms with Gasteiger partial charge in [0.2, 0.25) is 0 Å². The summed E-state index contributed by atoms with van der Waals surface area (Å²) >= 11 is 5.88. The van der Waals surface area contributed by atoms with Crippen molar-refractivity contribution < 1.29 is 8.78 Å². The molecule has 0 amide bonds. The molecule has 88 valence electrons. The summed E-state index contributed by atoms with van der Waals surface area (Å²) in [6, 6.07) is 2.12. The van der Waals surface area contributed by atoms with Crippen LogP contribution in [-0.4, -0.2) is 9.97 Å². The predicted octanol–water partition coefficient (Wildman–Crippen LogP) is 2.97. The molecule has 1 heterocycles. The number of benzene rings is 1. The highest BCUT2D eigenvalue weighted by Crippen LogP contribution is 2.31. The maximum absolute atomic E-state index is 13.6. The monoisotopic (exact) mass is 255 g/mol. The molecule has 1 aromatic heterocycles. The molecule has 0 spiro atoms. The second-order valence-corrected chi connectivity index (χ2v) is 3.88. The summed E-state index contributed by atoms with van der Waals surface area (Å²) in [6.45, 7) is 1.52. The van der Waals surface area contributed by atoms with E-state index in [1.165, 1.54) is 19.3 Å². The summed E-state index contributed by atoms with van der Waals surface area (Å²) in [7, 11) is 0. The lowest BCUT2D eigenvalue weighted by Gasteiger charge is -2.07. The lowest BCUT2D eigenvalue weighted by atomic mass is 10.1. The Kier molecular flexibility index (Phi) is 2.93. The van der Waals surface area contributed by atoms with Crippen LogP contribution in [0.1, 0.15) is 5.56 Å². The van der Waals surface area contributed by atoms with Gasteiger partial charge in [0.05, 0.1) is 5.69 Å². The number of nitrogens with zero attached hydrogens (tertiary/aromatic N) is 2. The Balaban J connectivity index is 2.69. The maximum atomic E-state index is 13.6. The summed E-state index contributed by atoms with van der Waals surface area (Å²) in [5.74, 6) is -1.31. The number of halogens is 3. The molecule has 0 saturated carbocycles. The fraction of sp³-hybridized carbons (Fsp3) is 0.0909. The summed E-state index contributed by atoms with van der Waals surface area (Å²) in [6.07, 6.45) is 1.18. The van der Waals surface area contributed by atoms with Gasteiger partial charge in [0.15, 0.2) is 0 Å². The highest BCUT2D eigenvalue weighted by Gasteiger charge is 2.15. The molecule has 0 aliphatic heterocycles. The molecule has 0 atom stereocenters. The van der Waals surface area contributed by atoms with Crippen LogP contribution in [0.5, 0.6) is 0 Å². The smallest absolute Gasteiger partial charge is 0.146 e. The molecule has 0 bridgehead atoms. The topological polar surface area (TPSA) is 51.8 Å². The largest absolute Gasteiger partial charge is 0.382 e. The molecule has 0 aliphatic rings. The lowest BCUT2D eigenvalue weighted by molar-refractivity contribution is 0.579. The second kappa shape index (κ2) is 4.25. The molecule has 0 radical (unpaired) electrons. The fourth-order valence-electron chi connectivity index (χ4n) is 1.41. The van der Waals surface area contributed by atoms with Crippen LogP contribution in [0.2, 0.25) is 5.02 Å². The highest BCUT2D eigenvalue weighted by molar-refractivity contribution is 6.35. The summed E-state index contributed by atoms with van der Waals surface area (Å²) < 4.78 is 26.8. The Labute approximate surface area is 101 Å². The van der Waals surface area contributed by atoms with Gasteiger partial charge >= 0.3 is 0 Å². The highest BCUT2D eigenvalue weighted by atomic mass is 35.5. The second-order valence-electron chi connectivity index (χ2n) is 3.50. The number of aromatic nitrogens is 2. The zero-order valence-corrected chi connectivity index (χ0v) is 9.59. The van der Waals surface area contributed by atoms with Gasteiger partial charge in [0.1, 0.15) is 28.8 Å². The summed E-state index contributed by atoms with van der Waals surface area (Å²) in [4.78, 5) is 7.53. The molecule has 17 heavy (non-hydrogen) atoms. The quantitative estimate of drug-likeness (QED) is 0.852. The van der Waals surface area contributed by atoms with E-state index in [4.69, 9.17) is 17.3 Å². The van der Waals surface area contributed by atoms with Crippen LogP contribution in [0.4, 0.5) is 14.6 Å². The molecule has 6 heteroatoms. The number of hydrogen-bond donors (Lipinski definition) is 1. The van der Waals surface area contributed by atoms with E-state index >= 15 is 0 Å². The Morgan fingerprint density at radius 3 is 2.59 bits per heavy atom. The SMILES string of the molecule is Cc1cc(-c2ncnc(N)c2Cl)c(F)cc1F. The van der Waals surface area contributed by atoms with Crippen LogP contribution in [0.25, 0.3) is 11.3 Å². The number of hydrogen-bond acceptors (Lipinski definition) is 3. The van der Waals surface area contributed by atoms with Crippen molar-refractivity contribution >= 4 is 17.4 Å². The minimum absolute atomic E-state index is 0.0532. The molecule has 3 nitrogen and oxygen atoms in total. The van der Waals surface area contributed by atoms with Gasteiger partial charge in [-0.3, -0.25) is 0 Å². The van der Waals surface area contributed by atoms with E-state index < -0.39 is 11.6 Å². The van der Waals surface area contributed by atoms with Gasteiger partial charge in [-0.25, -0.2) is 18.7 Å². The fourth-order valence-corrected chi connectivity index (χ4v) is 1.61. The summed E-state index contributed by atoms with van der Waals surface area (Å²) in [5.41, 5.74) is 6.05. The van der Waals surface area contributed by atoms with E-state index in [1.54, 1.807) is 0 Å². The van der Waals surface area contributed by atoms with Crippen molar-refractivity contribution in [2.75, 3.05) is 5.73 Å². The van der Waals surface area contributed by atoms with E-state index in [0.29, 0.717) is 5.56 Å². The van der Waals surface area contributed by atoms with Crippen molar-refractivity contribution in [1.29, 1.82) is 0 Å². The zero-order chi connectivity index (χ0) is 12.6. The molecule has 0 saturated heterocycles. The van der Waals surface area contributed by atoms with Crippen molar-refractivity contribution in [3.63, 3.8) is 0 Å². The molecule has 2 aromatic rings. The van der Waals surface area contributed by atoms with Crippen LogP contribution < -0.4 is 5.73 Å². The molecule has 0 fully saturated rings. The number of anilines is 1. The Hall–Kier alpha value is -1.75. The molecular formula is C11H8ClF2N3. The third-order valence-electron chi connectivity index (χ3n) is 2.32. The van der Waals surface area contributed by atoms with Crippen LogP contribution in [0.15, 0.2) is 18.5 Å². The van der Waals surface area contributed by atoms with Gasteiger partial charge in [-0.05, 0) is 18.6 Å². The molecule has 1 aromatic carbocycles. The minimum Gasteiger partial charge on any atom is -0.382 e. The first-order valence-electron chi connectivity index (χ1n) is 4.72. The van der Waals surface area contributed by atoms with Crippen molar-refractivity contribution in [3.05, 3.63) is 40.7 Å². The maximum Gasteiger partial charge on any atom is 0.146 e. The van der Waals surface area contributed by atoms with Gasteiger partial charge in [-0.1, -0.05) is 11.6 Å². The average molecular weight is 256 g/mol. The first kappa shape index (κ1) is 11.7. The van der Waals surface area contributed by atoms with Crippen molar-refractivity contribution in [3.8, 4) is 11.3 Å². The number of nitrogens with two attached hydrogens (primary N) is 1. The van der Waals surface area contributed by atoms with Crippen molar-refractivity contribution in [2.45, 2.75) is 6.92 Å². The number of nitrogen functional groups attached to an aromatic ring is 1. The van der Waals surface area contributed by atoms with Crippen LogP contribution >= 0.6 is 11.6 Å². The standard InChI is InChI=1S/C11H8ClF2N3/c1-5-2-6(8(14)3-7(5)13)10-9(12)11(15)17-4-16-10/h2-4H,1H3,(H2,15,16,17). The van der Waals surface area contributed by atoms with Crippen LogP contribution in [0.3, 0.4) is 0 Å². The molecular weight excluding hydrogens is 248 g/mol. The predicted molar refractivity (Wildman–Crippen MR) is 61.5 cm³/mol. The van der Waals surface area contributed by atoms with Crippen molar-refractivity contribution in [2.24, 2.45) is 0 Å². The first-order valence-corrected chi connectivity index (χ1v) is 5.10. The van der Waals surface area contributed by atoms with Gasteiger partial charge in [-0.15, -0.1) is 0 Å². The van der Waals surface area contributed by atoms with E-state index in [1.807, 2.05) is 0 Å². The van der Waals surface area contributed by atoms with Gasteiger partial charge in [-0.2, -0.15) is 0 Å². The number of aryl methyl sites for hydroxylation is 1. The van der Waals surface area contributed by atoms with Gasteiger partial charge in [0, 0.05) is 11.6 Å². The first-order chi connectivity index (χ1) is 8.00. The Morgan fingerprint density at radius 1 is 1.18 bits per heavy atom. The van der Waals surface area contributed by atoms with Gasteiger partial charge in [0.25, 0.3) is 0 Å². The molecule has 2 rings (SSSR count). The molecule has 2 N–H and O–H groups in total. The van der Waals surface area contributed by atoms with Crippen LogP contribution in [0, 0.1) is 18.6 Å². The van der Waals surface area contributed by atoms with E-state index in [-0.39, 0.29) is 22.1 Å². The van der Waals surface area contributed by atoms with E-state index in [0.717, 1.165) is 6.07 Å². The normalized spacial score (nSPS) is 10.6. The lowest BCUT2D eigenvalue weighted by Crippen LogP contribution is -1.98. The third kappa shape index (κ3) is 2.06. The van der Waals surface area contributed by atoms with Crippen LogP contribution in [-0.2, 0) is 0 Å². The van der Waals surface area contributed by atoms with E-state index in [9.17, 15) is 8.78 Å². The van der Waals surface area contributed by atoms with Crippen molar-refractivity contribution in [1.82, 2.24) is 9.97 Å². The Morgan fingerprint density at radius 2 is 1.88 bits per heavy atom.